The van der Waals surface area contributed by atoms with Crippen LogP contribution in [0.3, 0.4) is 0 Å². The van der Waals surface area contributed by atoms with E-state index in [9.17, 15) is 20.0 Å². The molecule has 0 saturated carbocycles. The molecule has 2 aromatic rings. The van der Waals surface area contributed by atoms with Crippen LogP contribution in [0.5, 0.6) is 5.75 Å². The summed E-state index contributed by atoms with van der Waals surface area (Å²) in [5.74, 6) is -0.802. The molecule has 0 heterocycles. The summed E-state index contributed by atoms with van der Waals surface area (Å²) in [6.45, 7) is 3.46. The second-order valence-electron chi connectivity index (χ2n) is 5.32. The molecule has 2 aromatic carbocycles. The second kappa shape index (κ2) is 7.07. The standard InChI is InChI=1S/C16H14Cl2N2O4/c1-9(2)19(14-8-11(20(23)24)4-5-13(14)18)16(22)12-7-10(17)3-6-15(12)21/h3-9,21H,1-2H3. The Labute approximate surface area is 148 Å². The summed E-state index contributed by atoms with van der Waals surface area (Å²) in [6, 6.07) is 7.56. The topological polar surface area (TPSA) is 83.7 Å². The van der Waals surface area contributed by atoms with Crippen molar-refractivity contribution in [3.05, 3.63) is 62.1 Å². The Kier molecular flexibility index (Phi) is 5.31. The third kappa shape index (κ3) is 3.60. The first kappa shape index (κ1) is 18.0. The maximum atomic E-state index is 12.9. The van der Waals surface area contributed by atoms with E-state index in [0.29, 0.717) is 0 Å². The van der Waals surface area contributed by atoms with Crippen LogP contribution in [0.2, 0.25) is 10.0 Å². The monoisotopic (exact) mass is 368 g/mol. The van der Waals surface area contributed by atoms with E-state index in [1.165, 1.54) is 41.3 Å². The summed E-state index contributed by atoms with van der Waals surface area (Å²) >= 11 is 12.0. The van der Waals surface area contributed by atoms with Crippen molar-refractivity contribution in [1.82, 2.24) is 0 Å². The first-order valence-electron chi connectivity index (χ1n) is 6.98. The first-order valence-corrected chi connectivity index (χ1v) is 7.74. The largest absolute Gasteiger partial charge is 0.507 e. The van der Waals surface area contributed by atoms with Crippen molar-refractivity contribution in [2.75, 3.05) is 4.90 Å². The van der Waals surface area contributed by atoms with Gasteiger partial charge in [-0.3, -0.25) is 14.9 Å². The molecule has 6 nitrogen and oxygen atoms in total. The SMILES string of the molecule is CC(C)N(C(=O)c1cc(Cl)ccc1O)c1cc([N+](=O)[O-])ccc1Cl. The maximum Gasteiger partial charge on any atom is 0.271 e. The number of amides is 1. The van der Waals surface area contributed by atoms with E-state index >= 15 is 0 Å². The molecule has 1 amide bonds. The number of phenols is 1. The number of carbonyl (C=O) groups is 1. The van der Waals surface area contributed by atoms with Crippen LogP contribution in [0.25, 0.3) is 0 Å². The minimum atomic E-state index is -0.570. The lowest BCUT2D eigenvalue weighted by Crippen LogP contribution is -2.37. The highest BCUT2D eigenvalue weighted by molar-refractivity contribution is 6.34. The highest BCUT2D eigenvalue weighted by atomic mass is 35.5. The van der Waals surface area contributed by atoms with Crippen LogP contribution in [0.1, 0.15) is 24.2 Å². The first-order chi connectivity index (χ1) is 11.2. The number of hydrogen-bond acceptors (Lipinski definition) is 4. The Hall–Kier alpha value is -2.31. The molecule has 126 valence electrons. The molecule has 0 aliphatic carbocycles. The molecule has 0 spiro atoms. The second-order valence-corrected chi connectivity index (χ2v) is 6.17. The van der Waals surface area contributed by atoms with Crippen molar-refractivity contribution >= 4 is 40.5 Å². The third-order valence-corrected chi connectivity index (χ3v) is 3.88. The van der Waals surface area contributed by atoms with Crippen LogP contribution in [-0.4, -0.2) is 22.0 Å². The predicted molar refractivity (Wildman–Crippen MR) is 93.2 cm³/mol. The van der Waals surface area contributed by atoms with Gasteiger partial charge < -0.3 is 10.0 Å². The van der Waals surface area contributed by atoms with E-state index in [-0.39, 0.29) is 38.8 Å². The summed E-state index contributed by atoms with van der Waals surface area (Å²) in [5, 5.41) is 21.4. The fourth-order valence-electron chi connectivity index (χ4n) is 2.23. The smallest absolute Gasteiger partial charge is 0.271 e. The normalized spacial score (nSPS) is 10.7. The molecule has 2 rings (SSSR count). The van der Waals surface area contributed by atoms with Gasteiger partial charge in [-0.25, -0.2) is 0 Å². The minimum absolute atomic E-state index is 0.0150. The van der Waals surface area contributed by atoms with Crippen molar-refractivity contribution in [3.8, 4) is 5.75 Å². The molecule has 0 aromatic heterocycles. The molecule has 0 atom stereocenters. The number of nitro groups is 1. The van der Waals surface area contributed by atoms with E-state index in [2.05, 4.69) is 0 Å². The number of carbonyl (C=O) groups excluding carboxylic acids is 1. The van der Waals surface area contributed by atoms with Gasteiger partial charge in [0, 0.05) is 23.2 Å². The summed E-state index contributed by atoms with van der Waals surface area (Å²) in [4.78, 5) is 24.6. The fourth-order valence-corrected chi connectivity index (χ4v) is 2.61. The molecule has 24 heavy (non-hydrogen) atoms. The van der Waals surface area contributed by atoms with Crippen molar-refractivity contribution < 1.29 is 14.8 Å². The highest BCUT2D eigenvalue weighted by Crippen LogP contribution is 2.34. The van der Waals surface area contributed by atoms with Crippen molar-refractivity contribution in [3.63, 3.8) is 0 Å². The quantitative estimate of drug-likeness (QED) is 0.627. The summed E-state index contributed by atoms with van der Waals surface area (Å²) < 4.78 is 0. The number of rotatable bonds is 4. The zero-order valence-corrected chi connectivity index (χ0v) is 14.4. The Morgan fingerprint density at radius 1 is 1.21 bits per heavy atom. The molecule has 0 bridgehead atoms. The van der Waals surface area contributed by atoms with Crippen LogP contribution in [0.15, 0.2) is 36.4 Å². The van der Waals surface area contributed by atoms with Gasteiger partial charge in [0.25, 0.3) is 11.6 Å². The van der Waals surface area contributed by atoms with Gasteiger partial charge in [0.15, 0.2) is 0 Å². The Morgan fingerprint density at radius 2 is 1.88 bits per heavy atom. The van der Waals surface area contributed by atoms with Crippen LogP contribution in [0.4, 0.5) is 11.4 Å². The number of non-ortho nitro benzene ring substituents is 1. The van der Waals surface area contributed by atoms with Gasteiger partial charge in [-0.05, 0) is 38.1 Å². The van der Waals surface area contributed by atoms with Crippen molar-refractivity contribution in [2.45, 2.75) is 19.9 Å². The summed E-state index contributed by atoms with van der Waals surface area (Å²) in [5.41, 5.74) is -0.0211. The van der Waals surface area contributed by atoms with Crippen LogP contribution < -0.4 is 4.90 Å². The lowest BCUT2D eigenvalue weighted by Gasteiger charge is -2.28. The number of anilines is 1. The molecule has 0 aliphatic rings. The van der Waals surface area contributed by atoms with Gasteiger partial charge in [0.2, 0.25) is 0 Å². The van der Waals surface area contributed by atoms with E-state index in [0.717, 1.165) is 0 Å². The molecule has 0 fully saturated rings. The van der Waals surface area contributed by atoms with Crippen LogP contribution in [-0.2, 0) is 0 Å². The maximum absolute atomic E-state index is 12.9. The van der Waals surface area contributed by atoms with Gasteiger partial charge in [0.05, 0.1) is 21.2 Å². The average Bonchev–Trinajstić information content (AvgIpc) is 2.51. The lowest BCUT2D eigenvalue weighted by molar-refractivity contribution is -0.384. The van der Waals surface area contributed by atoms with E-state index < -0.39 is 10.8 Å². The zero-order valence-electron chi connectivity index (χ0n) is 12.9. The van der Waals surface area contributed by atoms with Gasteiger partial charge in [-0.1, -0.05) is 23.2 Å². The number of halogens is 2. The van der Waals surface area contributed by atoms with Crippen molar-refractivity contribution in [2.24, 2.45) is 0 Å². The highest BCUT2D eigenvalue weighted by Gasteiger charge is 2.26. The fraction of sp³-hybridized carbons (Fsp3) is 0.188. The average molecular weight is 369 g/mol. The molecule has 1 N–H and O–H groups in total. The lowest BCUT2D eigenvalue weighted by atomic mass is 10.1. The Morgan fingerprint density at radius 3 is 2.46 bits per heavy atom. The Balaban J connectivity index is 2.58. The van der Waals surface area contributed by atoms with Gasteiger partial charge >= 0.3 is 0 Å². The van der Waals surface area contributed by atoms with Gasteiger partial charge in [-0.2, -0.15) is 0 Å². The third-order valence-electron chi connectivity index (χ3n) is 3.32. The zero-order chi connectivity index (χ0) is 18.0. The number of nitrogens with zero attached hydrogens (tertiary/aromatic N) is 2. The molecular formula is C16H14Cl2N2O4. The molecule has 0 radical (unpaired) electrons. The van der Waals surface area contributed by atoms with Gasteiger partial charge in [-0.15, -0.1) is 0 Å². The van der Waals surface area contributed by atoms with Crippen LogP contribution >= 0.6 is 23.2 Å². The summed E-state index contributed by atoms with van der Waals surface area (Å²) in [6.07, 6.45) is 0. The molecular weight excluding hydrogens is 355 g/mol. The Bertz CT molecular complexity index is 809. The number of benzene rings is 2. The molecule has 0 unspecified atom stereocenters. The summed E-state index contributed by atoms with van der Waals surface area (Å²) in [7, 11) is 0. The van der Waals surface area contributed by atoms with E-state index in [4.69, 9.17) is 23.2 Å². The van der Waals surface area contributed by atoms with Crippen LogP contribution in [0, 0.1) is 10.1 Å². The molecule has 8 heteroatoms. The minimum Gasteiger partial charge on any atom is -0.507 e. The van der Waals surface area contributed by atoms with E-state index in [1.54, 1.807) is 13.8 Å². The molecule has 0 saturated heterocycles. The predicted octanol–water partition coefficient (Wildman–Crippen LogP) is 4.66. The number of hydrogen-bond donors (Lipinski definition) is 1. The molecule has 0 aliphatic heterocycles. The number of aromatic hydroxyl groups is 1. The van der Waals surface area contributed by atoms with Crippen molar-refractivity contribution in [1.29, 1.82) is 0 Å². The van der Waals surface area contributed by atoms with Gasteiger partial charge in [0.1, 0.15) is 5.75 Å². The number of phenolic OH excluding ortho intramolecular Hbond substituents is 1. The number of nitro benzene ring substituents is 1. The van der Waals surface area contributed by atoms with E-state index in [1.807, 2.05) is 0 Å².